The van der Waals surface area contributed by atoms with Gasteiger partial charge in [0.15, 0.2) is 0 Å². The van der Waals surface area contributed by atoms with Gasteiger partial charge < -0.3 is 13.6 Å². The fourth-order valence-corrected chi connectivity index (χ4v) is 0.607. The standard InChI is InChI=1S/C8H14O2.C5H8O2.H6OSi2/c1-4-5-6-10-8(9)7(2)3;1-4(2)5(6)7-3;2-1-3/h2,4-6H2,1,3H3;1H2,2-3H3;2-3H3. The molecular weight excluding hydrogens is 292 g/mol. The van der Waals surface area contributed by atoms with Crippen molar-refractivity contribution in [1.29, 1.82) is 0 Å². The van der Waals surface area contributed by atoms with Crippen LogP contribution in [0, 0.1) is 0 Å². The van der Waals surface area contributed by atoms with Crippen LogP contribution < -0.4 is 0 Å². The van der Waals surface area contributed by atoms with Gasteiger partial charge in [-0.1, -0.05) is 26.5 Å². The normalized spacial score (nSPS) is 8.40. The summed E-state index contributed by atoms with van der Waals surface area (Å²) in [7, 11) is 3.19. The van der Waals surface area contributed by atoms with Crippen molar-refractivity contribution in [2.45, 2.75) is 33.6 Å². The molecule has 0 spiro atoms. The van der Waals surface area contributed by atoms with Gasteiger partial charge in [0.05, 0.1) is 13.7 Å². The van der Waals surface area contributed by atoms with Crippen LogP contribution in [0.3, 0.4) is 0 Å². The molecule has 0 saturated carbocycles. The van der Waals surface area contributed by atoms with E-state index in [-0.39, 0.29) is 11.9 Å². The maximum absolute atomic E-state index is 10.7. The highest BCUT2D eigenvalue weighted by atomic mass is 28.3. The van der Waals surface area contributed by atoms with Gasteiger partial charge >= 0.3 is 11.9 Å². The van der Waals surface area contributed by atoms with Crippen molar-refractivity contribution < 1.29 is 23.2 Å². The largest absolute Gasteiger partial charge is 0.471 e. The first-order valence-corrected chi connectivity index (χ1v) is 7.88. The monoisotopic (exact) mass is 320 g/mol. The molecule has 0 saturated heterocycles. The van der Waals surface area contributed by atoms with Gasteiger partial charge in [0.1, 0.15) is 21.0 Å². The number of esters is 2. The number of carbonyl (C=O) groups is 2. The van der Waals surface area contributed by atoms with Gasteiger partial charge in [0.2, 0.25) is 0 Å². The average molecular weight is 321 g/mol. The first-order valence-electron chi connectivity index (χ1n) is 6.24. The molecule has 0 aromatic heterocycles. The van der Waals surface area contributed by atoms with Gasteiger partial charge in [-0.3, -0.25) is 0 Å². The van der Waals surface area contributed by atoms with E-state index in [9.17, 15) is 9.59 Å². The summed E-state index contributed by atoms with van der Waals surface area (Å²) < 4.78 is 13.6. The molecule has 0 radical (unpaired) electrons. The Balaban J connectivity index is -0.000000251. The van der Waals surface area contributed by atoms with Gasteiger partial charge in [-0.15, -0.1) is 0 Å². The van der Waals surface area contributed by atoms with Crippen LogP contribution in [0.4, 0.5) is 0 Å². The minimum atomic E-state index is -0.347. The second-order valence-electron chi connectivity index (χ2n) is 3.95. The van der Waals surface area contributed by atoms with Gasteiger partial charge in [-0.25, -0.2) is 9.59 Å². The summed E-state index contributed by atoms with van der Waals surface area (Å²) in [6.45, 7) is 12.6. The summed E-state index contributed by atoms with van der Waals surface area (Å²) >= 11 is 0. The Bertz CT molecular complexity index is 303. The third-order valence-corrected chi connectivity index (χ3v) is 1.61. The number of carbonyl (C=O) groups excluding carboxylic acids is 2. The summed E-state index contributed by atoms with van der Waals surface area (Å²) in [4.78, 5) is 20.9. The molecule has 0 aromatic rings. The Kier molecular flexibility index (Phi) is 21.3. The molecule has 0 aliphatic heterocycles. The van der Waals surface area contributed by atoms with E-state index in [2.05, 4.69) is 28.9 Å². The molecule has 118 valence electrons. The third kappa shape index (κ3) is 22.0. The van der Waals surface area contributed by atoms with E-state index in [1.165, 1.54) is 7.11 Å². The minimum absolute atomic E-state index is 0.284. The number of ether oxygens (including phenoxy) is 2. The summed E-state index contributed by atoms with van der Waals surface area (Å²) in [6, 6.07) is 0. The molecule has 0 fully saturated rings. The quantitative estimate of drug-likeness (QED) is 0.313. The number of hydrogen-bond acceptors (Lipinski definition) is 5. The Morgan fingerprint density at radius 3 is 1.65 bits per heavy atom. The fraction of sp³-hybridized carbons (Fsp3) is 0.538. The number of rotatable bonds is 5. The first-order chi connectivity index (χ1) is 9.28. The maximum Gasteiger partial charge on any atom is 0.333 e. The zero-order chi connectivity index (χ0) is 16.6. The van der Waals surface area contributed by atoms with Crippen LogP contribution in [0.2, 0.25) is 0 Å². The topological polar surface area (TPSA) is 61.8 Å². The summed E-state index contributed by atoms with van der Waals surface area (Å²) in [5, 5.41) is 0. The van der Waals surface area contributed by atoms with E-state index < -0.39 is 0 Å². The predicted molar refractivity (Wildman–Crippen MR) is 88.5 cm³/mol. The van der Waals surface area contributed by atoms with Crippen molar-refractivity contribution >= 4 is 32.9 Å². The maximum atomic E-state index is 10.7. The van der Waals surface area contributed by atoms with Crippen molar-refractivity contribution in [1.82, 2.24) is 0 Å². The lowest BCUT2D eigenvalue weighted by molar-refractivity contribution is -0.139. The van der Waals surface area contributed by atoms with E-state index in [0.717, 1.165) is 33.8 Å². The molecule has 0 atom stereocenters. The average Bonchev–Trinajstić information content (AvgIpc) is 2.39. The van der Waals surface area contributed by atoms with Crippen molar-refractivity contribution in [3.63, 3.8) is 0 Å². The minimum Gasteiger partial charge on any atom is -0.471 e. The van der Waals surface area contributed by atoms with Crippen molar-refractivity contribution in [3.8, 4) is 0 Å². The van der Waals surface area contributed by atoms with Crippen molar-refractivity contribution in [2.24, 2.45) is 0 Å². The Labute approximate surface area is 128 Å². The Morgan fingerprint density at radius 2 is 1.45 bits per heavy atom. The molecule has 0 heterocycles. The second-order valence-corrected chi connectivity index (χ2v) is 7.22. The van der Waals surface area contributed by atoms with Gasteiger partial charge in [-0.2, -0.15) is 0 Å². The van der Waals surface area contributed by atoms with Crippen LogP contribution in [0.15, 0.2) is 24.3 Å². The third-order valence-electron chi connectivity index (χ3n) is 1.61. The lowest BCUT2D eigenvalue weighted by Crippen LogP contribution is -2.05. The molecule has 0 unspecified atom stereocenters. The molecule has 0 bridgehead atoms. The van der Waals surface area contributed by atoms with E-state index in [1.807, 2.05) is 0 Å². The van der Waals surface area contributed by atoms with E-state index in [0.29, 0.717) is 17.8 Å². The molecule has 7 heteroatoms. The van der Waals surface area contributed by atoms with Crippen LogP contribution in [0.25, 0.3) is 0 Å². The molecular formula is C13H28O5Si2. The van der Waals surface area contributed by atoms with Gasteiger partial charge in [0.25, 0.3) is 0 Å². The van der Waals surface area contributed by atoms with Crippen LogP contribution in [0.1, 0.15) is 33.6 Å². The zero-order valence-corrected chi connectivity index (χ0v) is 17.6. The molecule has 0 aliphatic rings. The van der Waals surface area contributed by atoms with Gasteiger partial charge in [0, 0.05) is 11.1 Å². The molecule has 0 amide bonds. The first kappa shape index (κ1) is 23.9. The highest BCUT2D eigenvalue weighted by Gasteiger charge is 2.00. The molecule has 0 rings (SSSR count). The van der Waals surface area contributed by atoms with Gasteiger partial charge in [-0.05, 0) is 20.3 Å². The second kappa shape index (κ2) is 17.8. The lowest BCUT2D eigenvalue weighted by Gasteiger charge is -2.01. The van der Waals surface area contributed by atoms with Crippen LogP contribution in [0.5, 0.6) is 0 Å². The van der Waals surface area contributed by atoms with Crippen LogP contribution in [-0.2, 0) is 23.2 Å². The predicted octanol–water partition coefficient (Wildman–Crippen LogP) is 0.205. The van der Waals surface area contributed by atoms with Crippen molar-refractivity contribution in [2.75, 3.05) is 13.7 Å². The Hall–Kier alpha value is -1.19. The summed E-state index contributed by atoms with van der Waals surface area (Å²) in [5.74, 6) is -0.631. The molecule has 0 N–H and O–H groups in total. The number of methoxy groups -OCH3 is 1. The lowest BCUT2D eigenvalue weighted by atomic mass is 10.3. The van der Waals surface area contributed by atoms with Crippen molar-refractivity contribution in [3.05, 3.63) is 24.3 Å². The highest BCUT2D eigenvalue weighted by Crippen LogP contribution is 1.94. The highest BCUT2D eigenvalue weighted by molar-refractivity contribution is 6.15. The molecule has 0 aliphatic carbocycles. The Morgan fingerprint density at radius 1 is 1.05 bits per heavy atom. The summed E-state index contributed by atoms with van der Waals surface area (Å²) in [6.07, 6.45) is 1.97. The molecule has 5 nitrogen and oxygen atoms in total. The SMILES string of the molecule is C=C(C)C(=O)OC.C=C(C)C(=O)OCCCC.[SiH3]O[SiH3]. The summed E-state index contributed by atoms with van der Waals surface area (Å²) in [5.41, 5.74) is 0.901. The van der Waals surface area contributed by atoms with E-state index in [1.54, 1.807) is 13.8 Å². The molecule has 20 heavy (non-hydrogen) atoms. The van der Waals surface area contributed by atoms with Crippen LogP contribution in [-0.4, -0.2) is 46.6 Å². The van der Waals surface area contributed by atoms with Crippen LogP contribution >= 0.6 is 0 Å². The zero-order valence-electron chi connectivity index (χ0n) is 13.6. The molecule has 0 aromatic carbocycles. The fourth-order valence-electron chi connectivity index (χ4n) is 0.607. The number of hydrogen-bond donors (Lipinski definition) is 0. The van der Waals surface area contributed by atoms with E-state index >= 15 is 0 Å². The smallest absolute Gasteiger partial charge is 0.333 e. The van der Waals surface area contributed by atoms with E-state index in [4.69, 9.17) is 4.74 Å². The number of unbranched alkanes of at least 4 members (excludes halogenated alkanes) is 1.